The van der Waals surface area contributed by atoms with Crippen LogP contribution < -0.4 is 0 Å². The molecule has 0 radical (unpaired) electrons. The van der Waals surface area contributed by atoms with Crippen LogP contribution in [0.25, 0.3) is 185 Å². The fraction of sp³-hybridized carbons (Fsp3) is 0.208. The molecule has 0 bridgehead atoms. The van der Waals surface area contributed by atoms with Gasteiger partial charge in [-0.25, -0.2) is 0 Å². The minimum atomic E-state index is 0.526. The second-order valence-corrected chi connectivity index (χ2v) is 47.4. The van der Waals surface area contributed by atoms with Gasteiger partial charge in [-0.1, -0.05) is 276 Å². The number of benzene rings is 13. The van der Waals surface area contributed by atoms with Gasteiger partial charge < -0.3 is 8.83 Å². The Morgan fingerprint density at radius 1 is 0.174 bits per heavy atom. The lowest BCUT2D eigenvalue weighted by atomic mass is 10.0. The molecule has 720 valence electrons. The molecule has 0 spiro atoms. The molecule has 0 saturated heterocycles. The van der Waals surface area contributed by atoms with Gasteiger partial charge in [0.05, 0.1) is 20.4 Å². The van der Waals surface area contributed by atoms with Crippen molar-refractivity contribution in [3.8, 4) is 0 Å². The zero-order chi connectivity index (χ0) is 100. The summed E-state index contributed by atoms with van der Waals surface area (Å²) >= 11 is 13.1. The van der Waals surface area contributed by atoms with Crippen LogP contribution in [-0.2, 0) is 0 Å². The molecule has 7 nitrogen and oxygen atoms in total. The monoisotopic (exact) mass is 2010 g/mol. The third-order valence-corrected chi connectivity index (χ3v) is 35.0. The minimum absolute atomic E-state index is 0.526. The van der Waals surface area contributed by atoms with Crippen LogP contribution in [0.1, 0.15) is 228 Å². The van der Waals surface area contributed by atoms with Crippen LogP contribution in [0.3, 0.4) is 0 Å². The lowest BCUT2D eigenvalue weighted by Gasteiger charge is -2.05. The molecular weight excluding hydrogens is 1890 g/mol. The van der Waals surface area contributed by atoms with Crippen molar-refractivity contribution in [3.05, 3.63) is 403 Å². The molecule has 0 aliphatic carbocycles. The molecule has 0 saturated carbocycles. The fourth-order valence-electron chi connectivity index (χ4n) is 18.4. The summed E-state index contributed by atoms with van der Waals surface area (Å²) in [5, 5.41) is 19.8. The van der Waals surface area contributed by atoms with Crippen LogP contribution in [0.15, 0.2) is 362 Å². The number of rotatable bonds is 9. The van der Waals surface area contributed by atoms with Crippen molar-refractivity contribution in [3.63, 3.8) is 0 Å². The summed E-state index contributed by atoms with van der Waals surface area (Å²) in [4.78, 5) is 21.7. The highest BCUT2D eigenvalue weighted by molar-refractivity contribution is 7.28. The Bertz CT molecular complexity index is 8140. The first-order chi connectivity index (χ1) is 69.8. The molecule has 0 amide bonds. The smallest absolute Gasteiger partial charge is 0.153 e. The van der Waals surface area contributed by atoms with E-state index in [1.54, 1.807) is 12.4 Å². The van der Waals surface area contributed by atoms with E-state index >= 15 is 0 Å². The third kappa shape index (κ3) is 21.6. The molecule has 14 heteroatoms. The number of hydrogen-bond acceptors (Lipinski definition) is 14. The molecule has 0 N–H and O–H groups in total. The van der Waals surface area contributed by atoms with Crippen LogP contribution in [0.2, 0.25) is 0 Å². The van der Waals surface area contributed by atoms with Gasteiger partial charge in [0.15, 0.2) is 5.58 Å². The van der Waals surface area contributed by atoms with Gasteiger partial charge in [-0.2, -0.15) is 0 Å². The second kappa shape index (κ2) is 44.1. The fourth-order valence-corrected chi connectivity index (χ4v) is 26.3. The van der Waals surface area contributed by atoms with E-state index in [1.165, 1.54) is 181 Å². The Morgan fingerprint density at radius 3 is 0.979 bits per heavy atom. The van der Waals surface area contributed by atoms with Crippen molar-refractivity contribution in [2.24, 2.45) is 0 Å². The summed E-state index contributed by atoms with van der Waals surface area (Å²) in [7, 11) is 0. The summed E-state index contributed by atoms with van der Waals surface area (Å²) in [5.41, 5.74) is 19.5. The predicted octanol–water partition coefficient (Wildman–Crippen LogP) is 42.6. The van der Waals surface area contributed by atoms with Crippen molar-refractivity contribution in [2.45, 2.75) is 178 Å². The Labute approximate surface area is 871 Å². The highest BCUT2D eigenvalue weighted by atomic mass is 32.1. The average molecular weight is 2010 g/mol. The zero-order valence-electron chi connectivity index (χ0n) is 85.1. The zero-order valence-corrected chi connectivity index (χ0v) is 90.8. The van der Waals surface area contributed by atoms with Gasteiger partial charge in [0.25, 0.3) is 0 Å². The van der Waals surface area contributed by atoms with Crippen molar-refractivity contribution < 1.29 is 8.83 Å². The maximum atomic E-state index is 5.75. The van der Waals surface area contributed by atoms with Gasteiger partial charge in [-0.3, -0.25) is 24.9 Å². The number of aromatic nitrogens is 5. The molecule has 27 aromatic rings. The predicted molar refractivity (Wildman–Crippen MR) is 639 cm³/mol. The van der Waals surface area contributed by atoms with E-state index in [0.29, 0.717) is 53.3 Å². The average Bonchev–Trinajstić information content (AvgIpc) is 1.47. The summed E-state index contributed by atoms with van der Waals surface area (Å²) in [6.45, 7) is 40.1. The van der Waals surface area contributed by atoms with E-state index < -0.39 is 0 Å². The maximum absolute atomic E-state index is 5.75. The van der Waals surface area contributed by atoms with Crippen LogP contribution in [0, 0.1) is 0 Å². The molecule has 13 aromatic carbocycles. The molecule has 0 aliphatic rings. The number of nitrogens with zero attached hydrogens (tertiary/aromatic N) is 5. The summed E-state index contributed by atoms with van der Waals surface area (Å²) in [6, 6.07) is 111. The first-order valence-corrected chi connectivity index (χ1v) is 56.0. The van der Waals surface area contributed by atoms with Crippen molar-refractivity contribution in [2.75, 3.05) is 0 Å². The van der Waals surface area contributed by atoms with E-state index in [9.17, 15) is 0 Å². The normalized spacial score (nSPS) is 11.7. The van der Waals surface area contributed by atoms with Gasteiger partial charge >= 0.3 is 0 Å². The lowest BCUT2D eigenvalue weighted by molar-refractivity contribution is 0.667. The minimum Gasteiger partial charge on any atom is -0.456 e. The van der Waals surface area contributed by atoms with Gasteiger partial charge in [0.1, 0.15) is 22.3 Å². The SMILES string of the molecule is CC(C)c1ccc2c(c1)sc1ccccc12.CC(C)c1ccc2c(c1)sc1cccnc12.CC(C)c1ccc2oc3cccnc3c2c1.CC(C)c1ccc2oc3ccncc3c2c1.CC(C)c1ccc2sc3ccccc3c2c1.CC(C)c1ccc2sc3ccccc3c2c1.CC(C)c1ccc2sc3cccnc3c2c1.CC(C)c1ccc2sc3ccncc3c2c1.CC(C)c1cccc2c1sc1ccccc12. The first kappa shape index (κ1) is 99.5. The molecule has 14 aromatic heterocycles. The molecule has 0 unspecified atom stereocenters. The highest BCUT2D eigenvalue weighted by Crippen LogP contribution is 2.45. The lowest BCUT2D eigenvalue weighted by Crippen LogP contribution is -1.85. The molecule has 0 fully saturated rings. The van der Waals surface area contributed by atoms with E-state index in [4.69, 9.17) is 8.83 Å². The first-order valence-electron chi connectivity index (χ1n) is 50.3. The molecule has 27 rings (SSSR count). The van der Waals surface area contributed by atoms with Crippen molar-refractivity contribution in [1.82, 2.24) is 24.9 Å². The Morgan fingerprint density at radius 2 is 0.479 bits per heavy atom. The number of fused-ring (bicyclic) bond motifs is 27. The largest absolute Gasteiger partial charge is 0.456 e. The summed E-state index contributed by atoms with van der Waals surface area (Å²) in [5.74, 6) is 5.20. The Kier molecular flexibility index (Phi) is 30.5. The molecule has 144 heavy (non-hydrogen) atoms. The van der Waals surface area contributed by atoms with Gasteiger partial charge in [0.2, 0.25) is 0 Å². The van der Waals surface area contributed by atoms with Crippen molar-refractivity contribution in [1.29, 1.82) is 0 Å². The second-order valence-electron chi connectivity index (χ2n) is 39.9. The van der Waals surface area contributed by atoms with E-state index in [1.807, 2.05) is 153 Å². The number of hydrogen-bond donors (Lipinski definition) is 0. The Hall–Kier alpha value is -13.3. The molecule has 14 heterocycles. The topological polar surface area (TPSA) is 90.7 Å². The summed E-state index contributed by atoms with van der Waals surface area (Å²) < 4.78 is 30.6. The van der Waals surface area contributed by atoms with Crippen LogP contribution in [0.4, 0.5) is 0 Å². The summed E-state index contributed by atoms with van der Waals surface area (Å²) in [6.07, 6.45) is 13.0. The standard InChI is InChI=1S/4C15H14S.2C14H13NO.3C14H13NS/c1-10(2)11-7-5-8-13-12-6-3-4-9-14(12)16-15(11)13;2*1-10(2)11-7-8-15-13(9-11)12-5-3-4-6-14(12)16-15;1-10(2)11-7-8-13-12-5-3-4-6-14(12)16-15(13)9-11;1-9(2)10-3-4-13-11(7-10)12-8-15-6-5-14(12)16-13;1-9(2)10-5-6-12-11(8-10)14-13(16-12)4-3-7-15-14;1-9(2)10-3-4-13-11(7-10)12-8-15-6-5-14(12)16-13;1-9(2)10-5-6-12-11(8-10)14-13(16-12)4-3-7-15-14;1-9(2)10-5-6-11-13(8-10)16-12-4-3-7-15-14(11)12/h4*3-10H,1-2H3;5*3-9H,1-2H3. The van der Waals surface area contributed by atoms with Crippen molar-refractivity contribution >= 4 is 265 Å². The van der Waals surface area contributed by atoms with Crippen LogP contribution in [-0.4, -0.2) is 24.9 Å². The van der Waals surface area contributed by atoms with E-state index in [-0.39, 0.29) is 0 Å². The molecular formula is C130H121N5O2S7. The highest BCUT2D eigenvalue weighted by Gasteiger charge is 2.18. The van der Waals surface area contributed by atoms with Gasteiger partial charge in [0, 0.05) is 181 Å². The molecule has 0 aliphatic heterocycles. The quantitative estimate of drug-likeness (QED) is 0.142. The van der Waals surface area contributed by atoms with Crippen LogP contribution >= 0.6 is 79.4 Å². The third-order valence-electron chi connectivity index (χ3n) is 26.9. The number of pyridine rings is 5. The van der Waals surface area contributed by atoms with Gasteiger partial charge in [-0.15, -0.1) is 79.4 Å². The Balaban J connectivity index is 0.000000103. The maximum Gasteiger partial charge on any atom is 0.153 e. The van der Waals surface area contributed by atoms with Crippen LogP contribution in [0.5, 0.6) is 0 Å². The number of furan rings is 2. The van der Waals surface area contributed by atoms with E-state index in [2.05, 4.69) is 416 Å². The van der Waals surface area contributed by atoms with Gasteiger partial charge in [-0.05, 0) is 261 Å². The molecule has 0 atom stereocenters. The van der Waals surface area contributed by atoms with E-state index in [0.717, 1.165) is 55.0 Å². The number of thiophene rings is 7.